The minimum Gasteiger partial charge on any atom is -0.342 e. The van der Waals surface area contributed by atoms with E-state index in [2.05, 4.69) is 59.2 Å². The molecule has 0 aliphatic carbocycles. The number of benzene rings is 2. The maximum Gasteiger partial charge on any atom is 0.141 e. The first-order chi connectivity index (χ1) is 14.2. The van der Waals surface area contributed by atoms with Crippen LogP contribution < -0.4 is 0 Å². The Morgan fingerprint density at radius 3 is 2.10 bits per heavy atom. The Bertz CT molecular complexity index is 797. The predicted molar refractivity (Wildman–Crippen MR) is 127 cm³/mol. The van der Waals surface area contributed by atoms with Crippen molar-refractivity contribution in [3.05, 3.63) is 58.3 Å². The highest BCUT2D eigenvalue weighted by Crippen LogP contribution is 2.30. The van der Waals surface area contributed by atoms with Crippen molar-refractivity contribution in [1.29, 1.82) is 0 Å². The molecule has 1 heterocycles. The van der Waals surface area contributed by atoms with Crippen molar-refractivity contribution in [2.24, 2.45) is 0 Å². The lowest BCUT2D eigenvalue weighted by Crippen LogP contribution is -2.29. The SMILES string of the molecule is CCCCCCCCCCN1CN(CCc2cccc3ccccc23)C(Cl)=C1Cl. The lowest BCUT2D eigenvalue weighted by atomic mass is 10.0. The second-order valence-electron chi connectivity index (χ2n) is 8.11. The van der Waals surface area contributed by atoms with Gasteiger partial charge in [0.05, 0.1) is 6.67 Å². The molecule has 29 heavy (non-hydrogen) atoms. The first-order valence-electron chi connectivity index (χ1n) is 11.2. The maximum atomic E-state index is 6.55. The van der Waals surface area contributed by atoms with E-state index in [0.29, 0.717) is 10.3 Å². The molecule has 4 heteroatoms. The molecule has 0 saturated heterocycles. The molecule has 0 N–H and O–H groups in total. The molecule has 0 amide bonds. The summed E-state index contributed by atoms with van der Waals surface area (Å²) in [6.07, 6.45) is 11.6. The summed E-state index contributed by atoms with van der Waals surface area (Å²) in [6, 6.07) is 15.1. The van der Waals surface area contributed by atoms with Crippen LogP contribution in [0.1, 0.15) is 63.9 Å². The molecule has 0 fully saturated rings. The van der Waals surface area contributed by atoms with Gasteiger partial charge in [0.15, 0.2) is 0 Å². The summed E-state index contributed by atoms with van der Waals surface area (Å²) in [4.78, 5) is 4.43. The Balaban J connectivity index is 1.43. The van der Waals surface area contributed by atoms with Gasteiger partial charge in [0.1, 0.15) is 10.3 Å². The molecule has 1 aliphatic rings. The number of hydrogen-bond donors (Lipinski definition) is 0. The summed E-state index contributed by atoms with van der Waals surface area (Å²) in [5, 5.41) is 4.04. The molecule has 0 atom stereocenters. The molecule has 0 bridgehead atoms. The van der Waals surface area contributed by atoms with E-state index < -0.39 is 0 Å². The van der Waals surface area contributed by atoms with E-state index in [4.69, 9.17) is 23.2 Å². The van der Waals surface area contributed by atoms with E-state index in [9.17, 15) is 0 Å². The molecule has 0 aromatic heterocycles. The van der Waals surface area contributed by atoms with Gasteiger partial charge in [0, 0.05) is 13.1 Å². The minimum absolute atomic E-state index is 0.700. The zero-order chi connectivity index (χ0) is 20.5. The van der Waals surface area contributed by atoms with E-state index in [1.54, 1.807) is 0 Å². The summed E-state index contributed by atoms with van der Waals surface area (Å²) >= 11 is 13.1. The van der Waals surface area contributed by atoms with Crippen molar-refractivity contribution in [1.82, 2.24) is 9.80 Å². The predicted octanol–water partition coefficient (Wildman–Crippen LogP) is 7.70. The van der Waals surface area contributed by atoms with Crippen LogP contribution in [0.4, 0.5) is 0 Å². The van der Waals surface area contributed by atoms with Crippen LogP contribution >= 0.6 is 23.2 Å². The third kappa shape index (κ3) is 6.30. The number of fused-ring (bicyclic) bond motifs is 1. The van der Waals surface area contributed by atoms with Crippen molar-refractivity contribution in [3.8, 4) is 0 Å². The molecule has 0 saturated carbocycles. The molecular weight excluding hydrogens is 399 g/mol. The Morgan fingerprint density at radius 2 is 1.34 bits per heavy atom. The Hall–Kier alpha value is -1.38. The highest BCUT2D eigenvalue weighted by molar-refractivity contribution is 6.38. The number of rotatable bonds is 12. The summed E-state index contributed by atoms with van der Waals surface area (Å²) < 4.78 is 0. The second-order valence-corrected chi connectivity index (χ2v) is 8.83. The standard InChI is InChI=1S/C25H34Cl2N2/c1-2-3-4-5-6-7-8-11-18-28-20-29(25(27)24(28)26)19-17-22-15-12-14-21-13-9-10-16-23(21)22/h9-10,12-16H,2-8,11,17-20H2,1H3. The third-order valence-electron chi connectivity index (χ3n) is 5.88. The van der Waals surface area contributed by atoms with Crippen LogP contribution in [0.25, 0.3) is 10.8 Å². The Morgan fingerprint density at radius 1 is 0.724 bits per heavy atom. The smallest absolute Gasteiger partial charge is 0.141 e. The Kier molecular flexibility index (Phi) is 9.01. The van der Waals surface area contributed by atoms with E-state index >= 15 is 0 Å². The van der Waals surface area contributed by atoms with Gasteiger partial charge in [0.25, 0.3) is 0 Å². The first kappa shape index (κ1) is 22.3. The summed E-state index contributed by atoms with van der Waals surface area (Å²) in [7, 11) is 0. The van der Waals surface area contributed by atoms with Crippen LogP contribution in [0.15, 0.2) is 52.8 Å². The largest absolute Gasteiger partial charge is 0.342 e. The molecule has 0 radical (unpaired) electrons. The molecule has 1 aliphatic heterocycles. The van der Waals surface area contributed by atoms with Gasteiger partial charge in [-0.1, -0.05) is 118 Å². The van der Waals surface area contributed by atoms with Gasteiger partial charge >= 0.3 is 0 Å². The summed E-state index contributed by atoms with van der Waals surface area (Å²) in [5.74, 6) is 0. The van der Waals surface area contributed by atoms with Crippen LogP contribution in [-0.4, -0.2) is 29.6 Å². The summed E-state index contributed by atoms with van der Waals surface area (Å²) in [6.45, 7) is 4.95. The highest BCUT2D eigenvalue weighted by atomic mass is 35.5. The van der Waals surface area contributed by atoms with E-state index in [0.717, 1.165) is 26.2 Å². The molecule has 2 aromatic rings. The molecule has 2 nitrogen and oxygen atoms in total. The van der Waals surface area contributed by atoms with Gasteiger partial charge in [-0.3, -0.25) is 0 Å². The third-order valence-corrected chi connectivity index (χ3v) is 6.81. The zero-order valence-electron chi connectivity index (χ0n) is 17.7. The monoisotopic (exact) mass is 432 g/mol. The first-order valence-corrected chi connectivity index (χ1v) is 12.0. The van der Waals surface area contributed by atoms with Crippen LogP contribution in [0.3, 0.4) is 0 Å². The topological polar surface area (TPSA) is 6.48 Å². The fourth-order valence-electron chi connectivity index (χ4n) is 4.13. The number of hydrogen-bond acceptors (Lipinski definition) is 2. The number of halogens is 2. The second kappa shape index (κ2) is 11.7. The lowest BCUT2D eigenvalue weighted by molar-refractivity contribution is 0.256. The van der Waals surface area contributed by atoms with Crippen molar-refractivity contribution in [2.75, 3.05) is 19.8 Å². The average molecular weight is 433 g/mol. The fourth-order valence-corrected chi connectivity index (χ4v) is 4.65. The minimum atomic E-state index is 0.700. The van der Waals surface area contributed by atoms with Crippen molar-refractivity contribution >= 4 is 34.0 Å². The fraction of sp³-hybridized carbons (Fsp3) is 0.520. The van der Waals surface area contributed by atoms with E-state index in [1.807, 2.05) is 0 Å². The van der Waals surface area contributed by atoms with Gasteiger partial charge in [-0.2, -0.15) is 0 Å². The molecular formula is C25H34Cl2N2. The van der Waals surface area contributed by atoms with Gasteiger partial charge < -0.3 is 9.80 Å². The van der Waals surface area contributed by atoms with Crippen LogP contribution in [0, 0.1) is 0 Å². The summed E-state index contributed by atoms with van der Waals surface area (Å²) in [5.41, 5.74) is 1.37. The van der Waals surface area contributed by atoms with Crippen LogP contribution in [-0.2, 0) is 6.42 Å². The maximum absolute atomic E-state index is 6.55. The molecule has 0 unspecified atom stereocenters. The van der Waals surface area contributed by atoms with Gasteiger partial charge in [-0.15, -0.1) is 0 Å². The molecule has 3 rings (SSSR count). The van der Waals surface area contributed by atoms with Gasteiger partial charge in [-0.05, 0) is 29.2 Å². The highest BCUT2D eigenvalue weighted by Gasteiger charge is 2.26. The Labute approximate surface area is 186 Å². The lowest BCUT2D eigenvalue weighted by Gasteiger charge is -2.22. The average Bonchev–Trinajstić information content (AvgIpc) is 3.02. The van der Waals surface area contributed by atoms with Crippen LogP contribution in [0.5, 0.6) is 0 Å². The zero-order valence-corrected chi connectivity index (χ0v) is 19.2. The van der Waals surface area contributed by atoms with Crippen molar-refractivity contribution < 1.29 is 0 Å². The quantitative estimate of drug-likeness (QED) is 0.250. The number of nitrogens with zero attached hydrogens (tertiary/aromatic N) is 2. The van der Waals surface area contributed by atoms with Crippen molar-refractivity contribution in [2.45, 2.75) is 64.7 Å². The molecule has 158 valence electrons. The van der Waals surface area contributed by atoms with E-state index in [-0.39, 0.29) is 0 Å². The molecule has 0 spiro atoms. The van der Waals surface area contributed by atoms with Crippen molar-refractivity contribution in [3.63, 3.8) is 0 Å². The van der Waals surface area contributed by atoms with Gasteiger partial charge in [0.2, 0.25) is 0 Å². The van der Waals surface area contributed by atoms with Gasteiger partial charge in [-0.25, -0.2) is 0 Å². The normalized spacial score (nSPS) is 14.4. The molecule has 2 aromatic carbocycles. The number of unbranched alkanes of at least 4 members (excludes halogenated alkanes) is 7. The van der Waals surface area contributed by atoms with E-state index in [1.165, 1.54) is 67.7 Å². The van der Waals surface area contributed by atoms with Crippen LogP contribution in [0.2, 0.25) is 0 Å².